The van der Waals surface area contributed by atoms with Crippen LogP contribution in [-0.2, 0) is 21.8 Å². The molecule has 0 aromatic carbocycles. The van der Waals surface area contributed by atoms with Crippen molar-refractivity contribution in [3.8, 4) is 0 Å². The summed E-state index contributed by atoms with van der Waals surface area (Å²) in [5.41, 5.74) is 0. The third-order valence-corrected chi connectivity index (χ3v) is 6.80. The van der Waals surface area contributed by atoms with Gasteiger partial charge in [-0.3, -0.25) is 0 Å². The maximum Gasteiger partial charge on any atom is 0.153 e. The minimum Gasteiger partial charge on any atom is -1.00 e. The van der Waals surface area contributed by atoms with E-state index in [0.29, 0.717) is 0 Å². The van der Waals surface area contributed by atoms with Crippen LogP contribution in [0.25, 0.3) is 0 Å². The van der Waals surface area contributed by atoms with Crippen LogP contribution in [0.5, 0.6) is 0 Å². The Morgan fingerprint density at radius 1 is 0.692 bits per heavy atom. The zero-order chi connectivity index (χ0) is 8.23. The number of rotatable bonds is 3. The summed E-state index contributed by atoms with van der Waals surface area (Å²) < 4.78 is 0. The molecule has 2 heterocycles. The van der Waals surface area contributed by atoms with Crippen LogP contribution in [0.15, 0.2) is 24.3 Å². The fourth-order valence-corrected chi connectivity index (χ4v) is 5.98. The van der Waals surface area contributed by atoms with Crippen LogP contribution in [0.4, 0.5) is 0 Å². The smallest absolute Gasteiger partial charge is 0.153 e. The van der Waals surface area contributed by atoms with Gasteiger partial charge in [0.15, 0.2) is 11.5 Å². The topological polar surface area (TPSA) is 0 Å². The normalized spacial score (nSPS) is 22.5. The first-order chi connectivity index (χ1) is 5.95. The molecule has 0 radical (unpaired) electrons. The van der Waals surface area contributed by atoms with Crippen LogP contribution < -0.4 is 17.0 Å². The second-order valence-corrected chi connectivity index (χ2v) is 7.84. The Bertz CT molecular complexity index is 163. The van der Waals surface area contributed by atoms with E-state index in [4.69, 9.17) is 0 Å². The van der Waals surface area contributed by atoms with Crippen molar-refractivity contribution in [1.29, 1.82) is 0 Å². The average Bonchev–Trinajstić information content (AvgIpc) is 2.74. The fourth-order valence-electron chi connectivity index (χ4n) is 1.52. The molecule has 13 heavy (non-hydrogen) atoms. The Morgan fingerprint density at radius 3 is 1.31 bits per heavy atom. The molecule has 2 rings (SSSR count). The minimum absolute atomic E-state index is 0. The highest BCUT2D eigenvalue weighted by atomic mass is 79.9. The van der Waals surface area contributed by atoms with Gasteiger partial charge in [-0.2, -0.15) is 0 Å². The van der Waals surface area contributed by atoms with Crippen LogP contribution in [0.1, 0.15) is 0 Å². The van der Waals surface area contributed by atoms with Crippen molar-refractivity contribution in [3.63, 3.8) is 0 Å². The van der Waals surface area contributed by atoms with E-state index in [1.165, 1.54) is 34.5 Å². The molecule has 0 nitrogen and oxygen atoms in total. The molecule has 0 aliphatic carbocycles. The first-order valence-corrected chi connectivity index (χ1v) is 8.00. The van der Waals surface area contributed by atoms with E-state index in [1.54, 1.807) is 0 Å². The summed E-state index contributed by atoms with van der Waals surface area (Å²) in [6, 6.07) is 0. The van der Waals surface area contributed by atoms with Gasteiger partial charge in [0.2, 0.25) is 0 Å². The van der Waals surface area contributed by atoms with Crippen LogP contribution in [-0.4, -0.2) is 34.5 Å². The molecule has 2 aliphatic rings. The molecule has 0 aromatic rings. The summed E-state index contributed by atoms with van der Waals surface area (Å²) in [7, 11) is 1.49. The second-order valence-electron chi connectivity index (χ2n) is 3.24. The van der Waals surface area contributed by atoms with E-state index in [9.17, 15) is 0 Å². The third-order valence-electron chi connectivity index (χ3n) is 2.32. The number of hydrogen-bond acceptors (Lipinski definition) is 0. The quantitative estimate of drug-likeness (QED) is 0.430. The van der Waals surface area contributed by atoms with E-state index >= 15 is 0 Å². The molecule has 74 valence electrons. The SMILES string of the molecule is C1=CC[S+](CC[S+]2CC=CC2)C1.[Br-]. The largest absolute Gasteiger partial charge is 1.00 e. The molecule has 0 bridgehead atoms. The number of halogens is 1. The zero-order valence-corrected chi connectivity index (χ0v) is 11.0. The summed E-state index contributed by atoms with van der Waals surface area (Å²) in [6.45, 7) is 0. The molecule has 0 saturated carbocycles. The predicted molar refractivity (Wildman–Crippen MR) is 62.2 cm³/mol. The minimum atomic E-state index is 0. The number of hydrogen-bond donors (Lipinski definition) is 0. The molecule has 0 aromatic heterocycles. The molecule has 0 saturated heterocycles. The highest BCUT2D eigenvalue weighted by molar-refractivity contribution is 8.00. The zero-order valence-electron chi connectivity index (χ0n) is 7.75. The van der Waals surface area contributed by atoms with Gasteiger partial charge >= 0.3 is 0 Å². The van der Waals surface area contributed by atoms with Gasteiger partial charge in [0.1, 0.15) is 23.0 Å². The van der Waals surface area contributed by atoms with Gasteiger partial charge in [-0.25, -0.2) is 0 Å². The molecule has 0 unspecified atom stereocenters. The standard InChI is InChI=1S/C10H16S2.BrH/c1-2-6-11(5-1)9-10-12-7-3-4-8-12;/h1-4H,5-10H2;1H/q+2;/p-1. The van der Waals surface area contributed by atoms with Gasteiger partial charge in [0.25, 0.3) is 0 Å². The Morgan fingerprint density at radius 2 is 1.00 bits per heavy atom. The lowest BCUT2D eigenvalue weighted by Crippen LogP contribution is -3.00. The molecule has 2 aliphatic heterocycles. The maximum absolute atomic E-state index is 2.36. The Labute approximate surface area is 97.3 Å². The highest BCUT2D eigenvalue weighted by Crippen LogP contribution is 2.11. The van der Waals surface area contributed by atoms with Crippen molar-refractivity contribution >= 4 is 21.8 Å². The summed E-state index contributed by atoms with van der Waals surface area (Å²) in [4.78, 5) is 0. The van der Waals surface area contributed by atoms with E-state index < -0.39 is 0 Å². The molecule has 0 atom stereocenters. The van der Waals surface area contributed by atoms with Crippen molar-refractivity contribution in [2.75, 3.05) is 34.5 Å². The Hall–Kier alpha value is 0.660. The van der Waals surface area contributed by atoms with Gasteiger partial charge in [-0.05, 0) is 24.3 Å². The van der Waals surface area contributed by atoms with Crippen LogP contribution in [0.3, 0.4) is 0 Å². The summed E-state index contributed by atoms with van der Waals surface area (Å²) in [5, 5.41) is 0. The molecule has 0 amide bonds. The van der Waals surface area contributed by atoms with E-state index in [1.807, 2.05) is 0 Å². The van der Waals surface area contributed by atoms with Crippen molar-refractivity contribution < 1.29 is 17.0 Å². The molecule has 3 heteroatoms. The molecule has 0 N–H and O–H groups in total. The second kappa shape index (κ2) is 6.20. The van der Waals surface area contributed by atoms with Crippen LogP contribution >= 0.6 is 0 Å². The van der Waals surface area contributed by atoms with Gasteiger partial charge in [0.05, 0.1) is 0 Å². The molecular weight excluding hydrogens is 264 g/mol. The van der Waals surface area contributed by atoms with Crippen molar-refractivity contribution in [2.24, 2.45) is 0 Å². The fraction of sp³-hybridized carbons (Fsp3) is 0.600. The lowest BCUT2D eigenvalue weighted by molar-refractivity contribution is -0.00000241. The lowest BCUT2D eigenvalue weighted by Gasteiger charge is -2.00. The van der Waals surface area contributed by atoms with Gasteiger partial charge in [-0.15, -0.1) is 0 Å². The predicted octanol–water partition coefficient (Wildman–Crippen LogP) is -1.63. The first-order valence-electron chi connectivity index (χ1n) is 4.53. The van der Waals surface area contributed by atoms with Crippen molar-refractivity contribution in [3.05, 3.63) is 24.3 Å². The van der Waals surface area contributed by atoms with Gasteiger partial charge in [-0.1, -0.05) is 0 Å². The Balaban J connectivity index is 0.000000845. The monoisotopic (exact) mass is 279 g/mol. The molecule has 0 spiro atoms. The van der Waals surface area contributed by atoms with Crippen LogP contribution in [0, 0.1) is 0 Å². The maximum atomic E-state index is 2.36. The molecule has 0 fully saturated rings. The van der Waals surface area contributed by atoms with E-state index in [-0.39, 0.29) is 17.0 Å². The highest BCUT2D eigenvalue weighted by Gasteiger charge is 2.26. The van der Waals surface area contributed by atoms with E-state index in [2.05, 4.69) is 24.3 Å². The first kappa shape index (κ1) is 11.7. The average molecular weight is 280 g/mol. The molecular formula is C10H16BrS2+. The van der Waals surface area contributed by atoms with Gasteiger partial charge in [0, 0.05) is 21.8 Å². The van der Waals surface area contributed by atoms with Crippen molar-refractivity contribution in [2.45, 2.75) is 0 Å². The van der Waals surface area contributed by atoms with Crippen LogP contribution in [0.2, 0.25) is 0 Å². The van der Waals surface area contributed by atoms with Gasteiger partial charge < -0.3 is 17.0 Å². The Kier molecular flexibility index (Phi) is 5.60. The van der Waals surface area contributed by atoms with E-state index in [0.717, 1.165) is 21.8 Å². The lowest BCUT2D eigenvalue weighted by atomic mass is 10.6. The third kappa shape index (κ3) is 3.72. The summed E-state index contributed by atoms with van der Waals surface area (Å²) in [6.07, 6.45) is 9.44. The summed E-state index contributed by atoms with van der Waals surface area (Å²) >= 11 is 0. The van der Waals surface area contributed by atoms with Crippen molar-refractivity contribution in [1.82, 2.24) is 0 Å². The summed E-state index contributed by atoms with van der Waals surface area (Å²) in [5.74, 6) is 8.51.